The molecule has 0 aromatic heterocycles. The van der Waals surface area contributed by atoms with Crippen molar-refractivity contribution in [2.24, 2.45) is 0 Å². The van der Waals surface area contributed by atoms with Crippen molar-refractivity contribution < 1.29 is 0 Å². The summed E-state index contributed by atoms with van der Waals surface area (Å²) >= 11 is 0. The standard InChI is InChI=1S/C46H32/c1-2-12-37-30-38(29-24-31(37)10-1)46-43-17-7-5-15-41(43)45(42-16-6-8-18-44(42)46)36-27-22-33(23-28-36)32-20-25-35(26-21-32)40-19-9-13-34-11-3-4-14-39(34)40/h1-8,10-12,14-30H,9,13H2. The molecule has 0 nitrogen and oxygen atoms in total. The van der Waals surface area contributed by atoms with E-state index in [-0.39, 0.29) is 0 Å². The Morgan fingerprint density at radius 1 is 0.348 bits per heavy atom. The van der Waals surface area contributed by atoms with Gasteiger partial charge in [-0.05, 0) is 107 Å². The van der Waals surface area contributed by atoms with Crippen molar-refractivity contribution in [3.63, 3.8) is 0 Å². The third-order valence-corrected chi connectivity index (χ3v) is 9.74. The lowest BCUT2D eigenvalue weighted by molar-refractivity contribution is 0.978. The first kappa shape index (κ1) is 26.7. The molecule has 0 aliphatic heterocycles. The van der Waals surface area contributed by atoms with Gasteiger partial charge >= 0.3 is 0 Å². The molecule has 0 heteroatoms. The van der Waals surface area contributed by atoms with Crippen LogP contribution in [0.1, 0.15) is 23.1 Å². The molecular formula is C46H32. The van der Waals surface area contributed by atoms with Crippen LogP contribution in [0.2, 0.25) is 0 Å². The van der Waals surface area contributed by atoms with Crippen molar-refractivity contribution in [1.82, 2.24) is 0 Å². The van der Waals surface area contributed by atoms with Crippen LogP contribution in [0.15, 0.2) is 170 Å². The topological polar surface area (TPSA) is 0 Å². The SMILES string of the molecule is C1=C(c2ccc(-c3ccc(-c4c5ccccc5c(-c5ccc6ccccc6c5)c5ccccc45)cc3)cc2)c2ccccc2CC1. The van der Waals surface area contributed by atoms with Gasteiger partial charge in [-0.1, -0.05) is 164 Å². The van der Waals surface area contributed by atoms with Gasteiger partial charge in [-0.2, -0.15) is 0 Å². The fraction of sp³-hybridized carbons (Fsp3) is 0.0435. The highest BCUT2D eigenvalue weighted by Gasteiger charge is 2.17. The van der Waals surface area contributed by atoms with Crippen LogP contribution in [0.5, 0.6) is 0 Å². The molecule has 9 rings (SSSR count). The first-order valence-electron chi connectivity index (χ1n) is 16.2. The lowest BCUT2D eigenvalue weighted by Gasteiger charge is -2.19. The van der Waals surface area contributed by atoms with Gasteiger partial charge in [-0.25, -0.2) is 0 Å². The summed E-state index contributed by atoms with van der Waals surface area (Å²) in [6, 6.07) is 60.4. The molecule has 1 aliphatic rings. The molecule has 0 saturated heterocycles. The first-order chi connectivity index (χ1) is 22.8. The summed E-state index contributed by atoms with van der Waals surface area (Å²) < 4.78 is 0. The van der Waals surface area contributed by atoms with Gasteiger partial charge in [0, 0.05) is 0 Å². The van der Waals surface area contributed by atoms with Gasteiger partial charge in [-0.3, -0.25) is 0 Å². The maximum atomic E-state index is 2.39. The second-order valence-electron chi connectivity index (χ2n) is 12.4. The van der Waals surface area contributed by atoms with E-state index in [1.165, 1.54) is 88.0 Å². The van der Waals surface area contributed by atoms with E-state index in [2.05, 4.69) is 170 Å². The van der Waals surface area contributed by atoms with Crippen LogP contribution in [0.4, 0.5) is 0 Å². The van der Waals surface area contributed by atoms with Crippen LogP contribution in [-0.2, 0) is 6.42 Å². The number of hydrogen-bond donors (Lipinski definition) is 0. The second-order valence-corrected chi connectivity index (χ2v) is 12.4. The normalized spacial score (nSPS) is 12.7. The van der Waals surface area contributed by atoms with Crippen LogP contribution in [-0.4, -0.2) is 0 Å². The van der Waals surface area contributed by atoms with E-state index in [0.717, 1.165) is 12.8 Å². The molecule has 0 fully saturated rings. The third-order valence-electron chi connectivity index (χ3n) is 9.74. The Bertz CT molecular complexity index is 2380. The Morgan fingerprint density at radius 2 is 0.826 bits per heavy atom. The molecular weight excluding hydrogens is 553 g/mol. The molecule has 0 unspecified atom stereocenters. The highest BCUT2D eigenvalue weighted by Crippen LogP contribution is 2.44. The fourth-order valence-electron chi connectivity index (χ4n) is 7.52. The summed E-state index contributed by atoms with van der Waals surface area (Å²) in [6.45, 7) is 0. The maximum Gasteiger partial charge on any atom is -0.00262 e. The van der Waals surface area contributed by atoms with Gasteiger partial charge in [0.15, 0.2) is 0 Å². The van der Waals surface area contributed by atoms with Crippen molar-refractivity contribution in [3.05, 3.63) is 187 Å². The third kappa shape index (κ3) is 4.45. The molecule has 0 radical (unpaired) electrons. The Balaban J connectivity index is 1.13. The van der Waals surface area contributed by atoms with E-state index < -0.39 is 0 Å². The predicted molar refractivity (Wildman–Crippen MR) is 197 cm³/mol. The Morgan fingerprint density at radius 3 is 1.48 bits per heavy atom. The van der Waals surface area contributed by atoms with Crippen LogP contribution < -0.4 is 0 Å². The molecule has 0 spiro atoms. The van der Waals surface area contributed by atoms with E-state index >= 15 is 0 Å². The molecule has 0 amide bonds. The minimum Gasteiger partial charge on any atom is -0.0757 e. The van der Waals surface area contributed by atoms with Crippen LogP contribution >= 0.6 is 0 Å². The van der Waals surface area contributed by atoms with E-state index in [4.69, 9.17) is 0 Å². The van der Waals surface area contributed by atoms with Gasteiger partial charge in [0.2, 0.25) is 0 Å². The number of rotatable bonds is 4. The summed E-state index contributed by atoms with van der Waals surface area (Å²) in [5.41, 5.74) is 13.0. The maximum absolute atomic E-state index is 2.39. The molecule has 0 saturated carbocycles. The smallest absolute Gasteiger partial charge is 0.00262 e. The van der Waals surface area contributed by atoms with Gasteiger partial charge in [0.1, 0.15) is 0 Å². The monoisotopic (exact) mass is 584 g/mol. The zero-order valence-corrected chi connectivity index (χ0v) is 25.6. The van der Waals surface area contributed by atoms with E-state index in [0.29, 0.717) is 0 Å². The van der Waals surface area contributed by atoms with Crippen molar-refractivity contribution in [1.29, 1.82) is 0 Å². The van der Waals surface area contributed by atoms with Gasteiger partial charge < -0.3 is 0 Å². The summed E-state index contributed by atoms with van der Waals surface area (Å²) in [4.78, 5) is 0. The average Bonchev–Trinajstić information content (AvgIpc) is 3.13. The molecule has 0 atom stereocenters. The second kappa shape index (κ2) is 11.0. The molecule has 8 aromatic rings. The number of hydrogen-bond acceptors (Lipinski definition) is 0. The lowest BCUT2D eigenvalue weighted by atomic mass is 9.85. The summed E-state index contributed by atoms with van der Waals surface area (Å²) in [5, 5.41) is 7.66. The quantitative estimate of drug-likeness (QED) is 0.181. The summed E-state index contributed by atoms with van der Waals surface area (Å²) in [6.07, 6.45) is 4.62. The van der Waals surface area contributed by atoms with Crippen LogP contribution in [0, 0.1) is 0 Å². The van der Waals surface area contributed by atoms with Crippen LogP contribution in [0.25, 0.3) is 71.3 Å². The van der Waals surface area contributed by atoms with E-state index in [1.54, 1.807) is 0 Å². The van der Waals surface area contributed by atoms with Crippen molar-refractivity contribution in [3.8, 4) is 33.4 Å². The zero-order chi connectivity index (χ0) is 30.5. The van der Waals surface area contributed by atoms with Crippen molar-refractivity contribution in [2.45, 2.75) is 12.8 Å². The number of allylic oxidation sites excluding steroid dienone is 1. The fourth-order valence-corrected chi connectivity index (χ4v) is 7.52. The zero-order valence-electron chi connectivity index (χ0n) is 25.6. The first-order valence-corrected chi connectivity index (χ1v) is 16.2. The van der Waals surface area contributed by atoms with Crippen molar-refractivity contribution in [2.75, 3.05) is 0 Å². The van der Waals surface area contributed by atoms with Gasteiger partial charge in [-0.15, -0.1) is 0 Å². The highest BCUT2D eigenvalue weighted by atomic mass is 14.2. The Labute approximate surface area is 269 Å². The minimum atomic E-state index is 1.10. The molecule has 0 bridgehead atoms. The number of aryl methyl sites for hydroxylation is 1. The summed E-state index contributed by atoms with van der Waals surface area (Å²) in [5.74, 6) is 0. The van der Waals surface area contributed by atoms with Gasteiger partial charge in [0.25, 0.3) is 0 Å². The summed E-state index contributed by atoms with van der Waals surface area (Å²) in [7, 11) is 0. The Kier molecular flexibility index (Phi) is 6.39. The minimum absolute atomic E-state index is 1.10. The van der Waals surface area contributed by atoms with E-state index in [9.17, 15) is 0 Å². The Hall–Kier alpha value is -5.72. The lowest BCUT2D eigenvalue weighted by Crippen LogP contribution is -2.00. The van der Waals surface area contributed by atoms with E-state index in [1.807, 2.05) is 0 Å². The molecule has 1 aliphatic carbocycles. The molecule has 8 aromatic carbocycles. The number of benzene rings is 8. The molecule has 46 heavy (non-hydrogen) atoms. The predicted octanol–water partition coefficient (Wildman–Crippen LogP) is 12.5. The van der Waals surface area contributed by atoms with Crippen LogP contribution in [0.3, 0.4) is 0 Å². The largest absolute Gasteiger partial charge is 0.0757 e. The number of fused-ring (bicyclic) bond motifs is 4. The van der Waals surface area contributed by atoms with Gasteiger partial charge in [0.05, 0.1) is 0 Å². The average molecular weight is 585 g/mol. The molecule has 216 valence electrons. The molecule has 0 heterocycles. The van der Waals surface area contributed by atoms with Crippen molar-refractivity contribution >= 4 is 37.9 Å². The molecule has 0 N–H and O–H groups in total. The highest BCUT2D eigenvalue weighted by molar-refractivity contribution is 6.21.